The van der Waals surface area contributed by atoms with Crippen molar-refractivity contribution in [3.05, 3.63) is 95.6 Å². The lowest BCUT2D eigenvalue weighted by atomic mass is 9.94. The molecule has 3 rings (SSSR count). The number of ketones is 1. The van der Waals surface area contributed by atoms with Gasteiger partial charge in [0.15, 0.2) is 5.82 Å². The van der Waals surface area contributed by atoms with Crippen molar-refractivity contribution in [1.82, 2.24) is 14.3 Å². The number of para-hydroxylation sites is 1. The normalized spacial score (nSPS) is 12.2. The van der Waals surface area contributed by atoms with Gasteiger partial charge in [-0.2, -0.15) is 0 Å². The lowest BCUT2D eigenvalue weighted by Gasteiger charge is -2.15. The second kappa shape index (κ2) is 10.8. The van der Waals surface area contributed by atoms with Crippen LogP contribution in [-0.2, 0) is 10.0 Å². The summed E-state index contributed by atoms with van der Waals surface area (Å²) in [5, 5.41) is 10.7. The van der Waals surface area contributed by atoms with Crippen LogP contribution in [0.4, 0.5) is 5.69 Å². The molecule has 1 unspecified atom stereocenters. The topological polar surface area (TPSA) is 124 Å². The van der Waals surface area contributed by atoms with Gasteiger partial charge in [0.2, 0.25) is 15.8 Å². The monoisotopic (exact) mass is 468 g/mol. The number of nitro benzene ring substituents is 1. The molecule has 0 aliphatic carbocycles. The maximum atomic E-state index is 13.2. The lowest BCUT2D eigenvalue weighted by Crippen LogP contribution is -2.26. The molecular weight excluding hydrogens is 444 g/mol. The Balaban J connectivity index is 1.62. The molecule has 9 nitrogen and oxygen atoms in total. The molecule has 1 aromatic heterocycles. The average molecular weight is 469 g/mol. The van der Waals surface area contributed by atoms with Gasteiger partial charge in [0.05, 0.1) is 9.82 Å². The number of nitro groups is 1. The number of carbonyl (C=O) groups excluding carboxylic acids is 1. The first kappa shape index (κ1) is 24.0. The molecule has 3 aromatic rings. The van der Waals surface area contributed by atoms with Crippen LogP contribution in [0.1, 0.15) is 29.9 Å². The number of benzene rings is 2. The number of allylic oxidation sites excluding steroid dienone is 1. The summed E-state index contributed by atoms with van der Waals surface area (Å²) in [4.78, 5) is 27.5. The molecule has 0 fully saturated rings. The van der Waals surface area contributed by atoms with Gasteiger partial charge in [-0.3, -0.25) is 19.5 Å². The minimum atomic E-state index is -3.81. The minimum absolute atomic E-state index is 0.0586. The van der Waals surface area contributed by atoms with Crippen LogP contribution < -0.4 is 4.72 Å². The third-order valence-corrected chi connectivity index (χ3v) is 6.57. The molecule has 10 heteroatoms. The number of carbonyl (C=O) groups is 1. The van der Waals surface area contributed by atoms with E-state index >= 15 is 0 Å². The maximum Gasteiger partial charge on any atom is 0.269 e. The molecule has 1 N–H and O–H groups in total. The number of sulfonamides is 1. The van der Waals surface area contributed by atoms with E-state index in [-0.39, 0.29) is 22.9 Å². The van der Waals surface area contributed by atoms with Crippen molar-refractivity contribution in [3.63, 3.8) is 0 Å². The van der Waals surface area contributed by atoms with E-state index in [1.54, 1.807) is 23.0 Å². The fraction of sp³-hybridized carbons (Fsp3) is 0.217. The quantitative estimate of drug-likeness (QED) is 0.141. The van der Waals surface area contributed by atoms with Crippen LogP contribution in [0.25, 0.3) is 5.69 Å². The van der Waals surface area contributed by atoms with Crippen molar-refractivity contribution in [2.75, 3.05) is 6.54 Å². The van der Waals surface area contributed by atoms with Crippen molar-refractivity contribution in [3.8, 4) is 5.69 Å². The van der Waals surface area contributed by atoms with E-state index in [1.165, 1.54) is 12.1 Å². The fourth-order valence-electron chi connectivity index (χ4n) is 3.41. The number of nitrogens with one attached hydrogen (secondary N) is 1. The third-order valence-electron chi connectivity index (χ3n) is 5.10. The summed E-state index contributed by atoms with van der Waals surface area (Å²) in [5.74, 6) is -0.210. The Morgan fingerprint density at radius 3 is 2.52 bits per heavy atom. The molecule has 0 radical (unpaired) electrons. The van der Waals surface area contributed by atoms with E-state index in [0.29, 0.717) is 25.1 Å². The van der Waals surface area contributed by atoms with Crippen molar-refractivity contribution in [2.45, 2.75) is 24.2 Å². The third kappa shape index (κ3) is 5.99. The van der Waals surface area contributed by atoms with Crippen LogP contribution in [0.5, 0.6) is 0 Å². The van der Waals surface area contributed by atoms with Crippen molar-refractivity contribution >= 4 is 21.5 Å². The van der Waals surface area contributed by atoms with Crippen molar-refractivity contribution in [1.29, 1.82) is 0 Å². The van der Waals surface area contributed by atoms with Gasteiger partial charge in [0, 0.05) is 42.7 Å². The number of hydrogen-bond donors (Lipinski definition) is 1. The molecule has 2 aromatic carbocycles. The van der Waals surface area contributed by atoms with E-state index in [4.69, 9.17) is 0 Å². The predicted octanol–water partition coefficient (Wildman–Crippen LogP) is 3.91. The number of aromatic nitrogens is 2. The first-order chi connectivity index (χ1) is 15.8. The molecule has 0 amide bonds. The fourth-order valence-corrected chi connectivity index (χ4v) is 4.48. The second-order valence-electron chi connectivity index (χ2n) is 7.33. The van der Waals surface area contributed by atoms with E-state index in [0.717, 1.165) is 17.8 Å². The summed E-state index contributed by atoms with van der Waals surface area (Å²) in [5.41, 5.74) is 0.639. The van der Waals surface area contributed by atoms with Gasteiger partial charge in [-0.1, -0.05) is 24.3 Å². The number of non-ortho nitro benzene ring substituents is 1. The standard InChI is InChI=1S/C23H24N4O5S/c1-2-7-18(22(28)23-24-16-17-26(23)19-9-4-3-5-10-19)8-6-15-25-33(31,32)21-13-11-20(12-14-21)27(29)30/h2-5,9-14,16-18,25H,1,6-8,15H2. The molecule has 0 aliphatic rings. The highest BCUT2D eigenvalue weighted by molar-refractivity contribution is 7.89. The van der Waals surface area contributed by atoms with Gasteiger partial charge in [0.1, 0.15) is 0 Å². The highest BCUT2D eigenvalue weighted by Crippen LogP contribution is 2.21. The van der Waals surface area contributed by atoms with Gasteiger partial charge in [-0.15, -0.1) is 6.58 Å². The van der Waals surface area contributed by atoms with Crippen LogP contribution in [0.2, 0.25) is 0 Å². The average Bonchev–Trinajstić information content (AvgIpc) is 3.31. The Hall–Kier alpha value is -3.63. The Morgan fingerprint density at radius 2 is 1.88 bits per heavy atom. The Bertz CT molecular complexity index is 1220. The first-order valence-corrected chi connectivity index (χ1v) is 11.8. The Morgan fingerprint density at radius 1 is 1.18 bits per heavy atom. The highest BCUT2D eigenvalue weighted by atomic mass is 32.2. The first-order valence-electron chi connectivity index (χ1n) is 10.3. The SMILES string of the molecule is C=CCC(CCCNS(=O)(=O)c1ccc([N+](=O)[O-])cc1)C(=O)c1nccn1-c1ccccc1. The Kier molecular flexibility index (Phi) is 7.86. The second-order valence-corrected chi connectivity index (χ2v) is 9.10. The van der Waals surface area contributed by atoms with Crippen molar-refractivity contribution in [2.24, 2.45) is 5.92 Å². The molecule has 1 atom stereocenters. The van der Waals surface area contributed by atoms with Gasteiger partial charge in [-0.25, -0.2) is 18.1 Å². The number of Topliss-reactive ketones (excluding diaryl/α,β-unsaturated/α-hetero) is 1. The van der Waals surface area contributed by atoms with E-state index in [2.05, 4.69) is 16.3 Å². The number of nitrogens with zero attached hydrogens (tertiary/aromatic N) is 3. The van der Waals surface area contributed by atoms with Gasteiger partial charge in [0.25, 0.3) is 5.69 Å². The Labute approximate surface area is 192 Å². The van der Waals surface area contributed by atoms with E-state index < -0.39 is 20.9 Å². The minimum Gasteiger partial charge on any atom is -0.297 e. The molecular formula is C23H24N4O5S. The molecule has 0 saturated carbocycles. The molecule has 0 bridgehead atoms. The zero-order valence-electron chi connectivity index (χ0n) is 17.8. The number of hydrogen-bond acceptors (Lipinski definition) is 6. The molecule has 1 heterocycles. The van der Waals surface area contributed by atoms with Crippen LogP contribution in [0.3, 0.4) is 0 Å². The molecule has 0 spiro atoms. The van der Waals surface area contributed by atoms with Crippen LogP contribution >= 0.6 is 0 Å². The van der Waals surface area contributed by atoms with Crippen molar-refractivity contribution < 1.29 is 18.1 Å². The summed E-state index contributed by atoms with van der Waals surface area (Å²) < 4.78 is 29.1. The zero-order valence-corrected chi connectivity index (χ0v) is 18.6. The van der Waals surface area contributed by atoms with Gasteiger partial charge >= 0.3 is 0 Å². The van der Waals surface area contributed by atoms with Crippen LogP contribution in [0, 0.1) is 16.0 Å². The van der Waals surface area contributed by atoms with Gasteiger partial charge < -0.3 is 0 Å². The lowest BCUT2D eigenvalue weighted by molar-refractivity contribution is -0.384. The number of rotatable bonds is 12. The largest absolute Gasteiger partial charge is 0.297 e. The smallest absolute Gasteiger partial charge is 0.269 e. The highest BCUT2D eigenvalue weighted by Gasteiger charge is 2.24. The van der Waals surface area contributed by atoms with Crippen LogP contribution in [0.15, 0.2) is 84.5 Å². The molecule has 0 saturated heterocycles. The summed E-state index contributed by atoms with van der Waals surface area (Å²) >= 11 is 0. The maximum absolute atomic E-state index is 13.2. The molecule has 172 valence electrons. The summed E-state index contributed by atoms with van der Waals surface area (Å²) in [6.07, 6.45) is 6.27. The molecule has 0 aliphatic heterocycles. The van der Waals surface area contributed by atoms with Gasteiger partial charge in [-0.05, 0) is 43.5 Å². The number of imidazole rings is 1. The summed E-state index contributed by atoms with van der Waals surface area (Å²) in [6, 6.07) is 14.1. The molecule has 33 heavy (non-hydrogen) atoms. The zero-order chi connectivity index (χ0) is 23.8. The summed E-state index contributed by atoms with van der Waals surface area (Å²) in [7, 11) is -3.81. The predicted molar refractivity (Wildman–Crippen MR) is 124 cm³/mol. The van der Waals surface area contributed by atoms with E-state index in [9.17, 15) is 23.3 Å². The summed E-state index contributed by atoms with van der Waals surface area (Å²) in [6.45, 7) is 3.85. The van der Waals surface area contributed by atoms with E-state index in [1.807, 2.05) is 30.3 Å². The van der Waals surface area contributed by atoms with Crippen LogP contribution in [-0.4, -0.2) is 35.2 Å².